The van der Waals surface area contributed by atoms with E-state index in [2.05, 4.69) is 4.98 Å². The molecule has 0 saturated carbocycles. The largest absolute Gasteiger partial charge is 0.452 e. The highest BCUT2D eigenvalue weighted by molar-refractivity contribution is 6.32. The zero-order chi connectivity index (χ0) is 15.2. The molecular weight excluding hydrogens is 294 g/mol. The third-order valence-electron chi connectivity index (χ3n) is 3.45. The van der Waals surface area contributed by atoms with Crippen molar-refractivity contribution in [2.24, 2.45) is 0 Å². The second kappa shape index (κ2) is 7.26. The molecule has 6 nitrogen and oxygen atoms in total. The van der Waals surface area contributed by atoms with Crippen molar-refractivity contribution in [1.82, 2.24) is 9.88 Å². The molecule has 0 atom stereocenters. The maximum absolute atomic E-state index is 12.0. The number of pyridine rings is 1. The fourth-order valence-corrected chi connectivity index (χ4v) is 2.40. The number of likely N-dealkylation sites (tertiary alicyclic amines) is 1. The summed E-state index contributed by atoms with van der Waals surface area (Å²) in [6.07, 6.45) is 5.62. The second-order valence-electron chi connectivity index (χ2n) is 4.93. The summed E-state index contributed by atoms with van der Waals surface area (Å²) in [5.74, 6) is -0.844. The molecule has 1 amide bonds. The minimum Gasteiger partial charge on any atom is -0.452 e. The van der Waals surface area contributed by atoms with Gasteiger partial charge in [-0.05, 0) is 18.9 Å². The lowest BCUT2D eigenvalue weighted by molar-refractivity contribution is -0.134. The smallest absolute Gasteiger partial charge is 0.340 e. The third kappa shape index (κ3) is 4.07. The first-order valence-electron chi connectivity index (χ1n) is 6.94. The Kier molecular flexibility index (Phi) is 5.38. The Morgan fingerprint density at radius 2 is 1.95 bits per heavy atom. The van der Waals surface area contributed by atoms with Crippen LogP contribution in [-0.4, -0.2) is 41.5 Å². The van der Waals surface area contributed by atoms with Crippen LogP contribution in [0.3, 0.4) is 0 Å². The third-order valence-corrected chi connectivity index (χ3v) is 3.75. The van der Waals surface area contributed by atoms with Crippen molar-refractivity contribution < 1.29 is 14.3 Å². The van der Waals surface area contributed by atoms with Crippen LogP contribution >= 0.6 is 11.6 Å². The molecule has 2 rings (SSSR count). The first-order chi connectivity index (χ1) is 10.1. The van der Waals surface area contributed by atoms with Crippen molar-refractivity contribution in [2.45, 2.75) is 25.7 Å². The fraction of sp³-hybridized carbons (Fsp3) is 0.500. The lowest BCUT2D eigenvalue weighted by Crippen LogP contribution is -2.35. The van der Waals surface area contributed by atoms with E-state index in [4.69, 9.17) is 22.1 Å². The second-order valence-corrected chi connectivity index (χ2v) is 5.29. The normalized spacial score (nSPS) is 15.4. The minimum atomic E-state index is -0.667. The SMILES string of the molecule is Nc1c(C(=O)OCC(=O)N2CCCCCC2)ccnc1Cl. The van der Waals surface area contributed by atoms with Crippen LogP contribution in [0.2, 0.25) is 5.15 Å². The number of esters is 1. The summed E-state index contributed by atoms with van der Waals surface area (Å²) >= 11 is 5.74. The number of nitrogen functional groups attached to an aromatic ring is 1. The molecule has 0 aromatic carbocycles. The molecular formula is C14H18ClN3O3. The summed E-state index contributed by atoms with van der Waals surface area (Å²) < 4.78 is 5.02. The van der Waals surface area contributed by atoms with Crippen LogP contribution in [0.25, 0.3) is 0 Å². The number of hydrogen-bond donors (Lipinski definition) is 1. The molecule has 1 saturated heterocycles. The van der Waals surface area contributed by atoms with Crippen LogP contribution in [0.4, 0.5) is 5.69 Å². The number of hydrogen-bond acceptors (Lipinski definition) is 5. The average Bonchev–Trinajstić information content (AvgIpc) is 2.76. The number of anilines is 1. The molecule has 1 aliphatic heterocycles. The highest BCUT2D eigenvalue weighted by Crippen LogP contribution is 2.20. The number of carbonyl (C=O) groups is 2. The van der Waals surface area contributed by atoms with E-state index >= 15 is 0 Å². The highest BCUT2D eigenvalue weighted by atomic mass is 35.5. The number of amides is 1. The summed E-state index contributed by atoms with van der Waals surface area (Å²) in [5, 5.41) is 0.0447. The van der Waals surface area contributed by atoms with Gasteiger partial charge < -0.3 is 15.4 Å². The topological polar surface area (TPSA) is 85.5 Å². The summed E-state index contributed by atoms with van der Waals surface area (Å²) in [4.78, 5) is 29.4. The van der Waals surface area contributed by atoms with Crippen molar-refractivity contribution in [1.29, 1.82) is 0 Å². The summed E-state index contributed by atoms with van der Waals surface area (Å²) in [6, 6.07) is 1.42. The first kappa shape index (κ1) is 15.6. The van der Waals surface area contributed by atoms with E-state index in [1.165, 1.54) is 12.3 Å². The molecule has 1 aliphatic rings. The van der Waals surface area contributed by atoms with Gasteiger partial charge in [0.2, 0.25) is 0 Å². The first-order valence-corrected chi connectivity index (χ1v) is 7.32. The fourth-order valence-electron chi connectivity index (χ4n) is 2.24. The van der Waals surface area contributed by atoms with Gasteiger partial charge in [-0.1, -0.05) is 24.4 Å². The van der Waals surface area contributed by atoms with Crippen LogP contribution in [0, 0.1) is 0 Å². The molecule has 2 N–H and O–H groups in total. The van der Waals surface area contributed by atoms with Crippen LogP contribution in [0.15, 0.2) is 12.3 Å². The van der Waals surface area contributed by atoms with Gasteiger partial charge in [0, 0.05) is 19.3 Å². The number of nitrogens with zero attached hydrogens (tertiary/aromatic N) is 2. The van der Waals surface area contributed by atoms with Gasteiger partial charge in [0.1, 0.15) is 0 Å². The van der Waals surface area contributed by atoms with E-state index in [0.29, 0.717) is 0 Å². The Labute approximate surface area is 128 Å². The highest BCUT2D eigenvalue weighted by Gasteiger charge is 2.19. The van der Waals surface area contributed by atoms with Gasteiger partial charge in [0.25, 0.3) is 5.91 Å². The van der Waals surface area contributed by atoms with Gasteiger partial charge in [-0.15, -0.1) is 0 Å². The number of rotatable bonds is 3. The van der Waals surface area contributed by atoms with E-state index in [1.54, 1.807) is 4.90 Å². The number of ether oxygens (including phenoxy) is 1. The minimum absolute atomic E-state index is 0.0447. The zero-order valence-electron chi connectivity index (χ0n) is 11.7. The van der Waals surface area contributed by atoms with Crippen LogP contribution in [-0.2, 0) is 9.53 Å². The molecule has 7 heteroatoms. The van der Waals surface area contributed by atoms with Crippen molar-refractivity contribution in [3.8, 4) is 0 Å². The molecule has 0 radical (unpaired) electrons. The van der Waals surface area contributed by atoms with Gasteiger partial charge in [-0.3, -0.25) is 4.79 Å². The average molecular weight is 312 g/mol. The van der Waals surface area contributed by atoms with E-state index in [0.717, 1.165) is 38.8 Å². The Balaban J connectivity index is 1.91. The molecule has 1 aromatic rings. The standard InChI is InChI=1S/C14H18ClN3O3/c15-13-12(16)10(5-6-17-13)14(20)21-9-11(19)18-7-3-1-2-4-8-18/h5-6H,1-4,7-9,16H2. The Bertz CT molecular complexity index is 528. The van der Waals surface area contributed by atoms with E-state index in [-0.39, 0.29) is 28.9 Å². The zero-order valence-corrected chi connectivity index (χ0v) is 12.4. The molecule has 0 aliphatic carbocycles. The predicted molar refractivity (Wildman–Crippen MR) is 79.0 cm³/mol. The van der Waals surface area contributed by atoms with Gasteiger partial charge >= 0.3 is 5.97 Å². The van der Waals surface area contributed by atoms with Crippen molar-refractivity contribution >= 4 is 29.2 Å². The van der Waals surface area contributed by atoms with Crippen LogP contribution in [0.1, 0.15) is 36.0 Å². The number of carbonyl (C=O) groups excluding carboxylic acids is 2. The lowest BCUT2D eigenvalue weighted by atomic mass is 10.2. The van der Waals surface area contributed by atoms with Gasteiger partial charge in [0.15, 0.2) is 11.8 Å². The molecule has 1 fully saturated rings. The van der Waals surface area contributed by atoms with Gasteiger partial charge in [-0.2, -0.15) is 0 Å². The summed E-state index contributed by atoms with van der Waals surface area (Å²) in [6.45, 7) is 1.16. The molecule has 114 valence electrons. The Hall–Kier alpha value is -1.82. The van der Waals surface area contributed by atoms with E-state index < -0.39 is 5.97 Å². The van der Waals surface area contributed by atoms with E-state index in [9.17, 15) is 9.59 Å². The monoisotopic (exact) mass is 311 g/mol. The molecule has 21 heavy (non-hydrogen) atoms. The van der Waals surface area contributed by atoms with Crippen LogP contribution in [0.5, 0.6) is 0 Å². The predicted octanol–water partition coefficient (Wildman–Crippen LogP) is 1.88. The van der Waals surface area contributed by atoms with Crippen molar-refractivity contribution in [3.63, 3.8) is 0 Å². The molecule has 0 bridgehead atoms. The molecule has 0 unspecified atom stereocenters. The summed E-state index contributed by atoms with van der Waals surface area (Å²) in [5.41, 5.74) is 5.85. The van der Waals surface area contributed by atoms with Crippen molar-refractivity contribution in [3.05, 3.63) is 23.0 Å². The quantitative estimate of drug-likeness (QED) is 0.680. The van der Waals surface area contributed by atoms with Crippen molar-refractivity contribution in [2.75, 3.05) is 25.4 Å². The van der Waals surface area contributed by atoms with E-state index in [1.807, 2.05) is 0 Å². The van der Waals surface area contributed by atoms with Gasteiger partial charge in [0.05, 0.1) is 11.3 Å². The maximum atomic E-state index is 12.0. The Morgan fingerprint density at radius 3 is 2.62 bits per heavy atom. The molecule has 0 spiro atoms. The lowest BCUT2D eigenvalue weighted by Gasteiger charge is -2.20. The van der Waals surface area contributed by atoms with Gasteiger partial charge in [-0.25, -0.2) is 9.78 Å². The number of halogens is 1. The molecule has 2 heterocycles. The number of aromatic nitrogens is 1. The Morgan fingerprint density at radius 1 is 1.29 bits per heavy atom. The number of nitrogens with two attached hydrogens (primary N) is 1. The maximum Gasteiger partial charge on any atom is 0.340 e. The van der Waals surface area contributed by atoms with Crippen LogP contribution < -0.4 is 5.73 Å². The summed E-state index contributed by atoms with van der Waals surface area (Å²) in [7, 11) is 0. The molecule has 1 aromatic heterocycles.